The number of thioether (sulfide) groups is 1. The molecule has 1 aliphatic heterocycles. The minimum atomic E-state index is -0.218. The van der Waals surface area contributed by atoms with Gasteiger partial charge in [-0.1, -0.05) is 48.2 Å². The van der Waals surface area contributed by atoms with Crippen LogP contribution in [0.5, 0.6) is 11.5 Å². The van der Waals surface area contributed by atoms with E-state index in [1.54, 1.807) is 38.3 Å². The molecule has 0 aliphatic carbocycles. The van der Waals surface area contributed by atoms with Gasteiger partial charge in [0.2, 0.25) is 0 Å². The number of amides is 2. The third-order valence-electron chi connectivity index (χ3n) is 5.38. The van der Waals surface area contributed by atoms with E-state index in [0.717, 1.165) is 21.8 Å². The number of para-hydroxylation sites is 2. The summed E-state index contributed by atoms with van der Waals surface area (Å²) in [5.41, 5.74) is 2.91. The maximum absolute atomic E-state index is 13.0. The Kier molecular flexibility index (Phi) is 6.70. The second-order valence-corrected chi connectivity index (χ2v) is 8.48. The van der Waals surface area contributed by atoms with Crippen LogP contribution >= 0.6 is 11.8 Å². The van der Waals surface area contributed by atoms with E-state index in [1.807, 2.05) is 60.7 Å². The summed E-state index contributed by atoms with van der Waals surface area (Å²) in [5.74, 6) is 1.07. The predicted octanol–water partition coefficient (Wildman–Crippen LogP) is 4.74. The van der Waals surface area contributed by atoms with Gasteiger partial charge in [-0.15, -0.1) is 0 Å². The van der Waals surface area contributed by atoms with Gasteiger partial charge in [0.05, 0.1) is 24.8 Å². The topological polar surface area (TPSA) is 67.9 Å². The van der Waals surface area contributed by atoms with Crippen LogP contribution in [0.25, 0.3) is 6.08 Å². The summed E-state index contributed by atoms with van der Waals surface area (Å²) in [4.78, 5) is 28.9. The third-order valence-corrected chi connectivity index (χ3v) is 6.45. The van der Waals surface area contributed by atoms with Crippen LogP contribution in [0.4, 0.5) is 5.69 Å². The first-order chi connectivity index (χ1) is 16.0. The van der Waals surface area contributed by atoms with Gasteiger partial charge in [-0.05, 0) is 36.4 Å². The third kappa shape index (κ3) is 4.73. The highest BCUT2D eigenvalue weighted by atomic mass is 32.2. The molecule has 0 saturated heterocycles. The highest BCUT2D eigenvalue weighted by Gasteiger charge is 2.27. The van der Waals surface area contributed by atoms with Crippen LogP contribution < -0.4 is 19.7 Å². The summed E-state index contributed by atoms with van der Waals surface area (Å²) >= 11 is 1.38. The molecule has 0 atom stereocenters. The summed E-state index contributed by atoms with van der Waals surface area (Å²) < 4.78 is 10.7. The van der Waals surface area contributed by atoms with Gasteiger partial charge < -0.3 is 19.7 Å². The number of anilines is 1. The van der Waals surface area contributed by atoms with Gasteiger partial charge in [-0.25, -0.2) is 0 Å². The molecule has 33 heavy (non-hydrogen) atoms. The van der Waals surface area contributed by atoms with Crippen molar-refractivity contribution in [2.75, 3.05) is 26.2 Å². The van der Waals surface area contributed by atoms with E-state index in [2.05, 4.69) is 5.32 Å². The first-order valence-electron chi connectivity index (χ1n) is 10.4. The van der Waals surface area contributed by atoms with Crippen molar-refractivity contribution in [1.82, 2.24) is 5.32 Å². The lowest BCUT2D eigenvalue weighted by molar-refractivity contribution is -0.114. The summed E-state index contributed by atoms with van der Waals surface area (Å²) in [6.07, 6.45) is 1.83. The van der Waals surface area contributed by atoms with Crippen molar-refractivity contribution < 1.29 is 19.1 Å². The number of rotatable bonds is 6. The number of nitrogens with zero attached hydrogens (tertiary/aromatic N) is 1. The van der Waals surface area contributed by atoms with Crippen molar-refractivity contribution >= 4 is 35.3 Å². The van der Waals surface area contributed by atoms with Crippen LogP contribution in [-0.4, -0.2) is 33.1 Å². The predicted molar refractivity (Wildman–Crippen MR) is 131 cm³/mol. The Hall–Kier alpha value is -3.71. The second kappa shape index (κ2) is 9.83. The van der Waals surface area contributed by atoms with Crippen molar-refractivity contribution in [3.63, 3.8) is 0 Å². The van der Waals surface area contributed by atoms with Crippen LogP contribution in [0.1, 0.15) is 21.5 Å². The Morgan fingerprint density at radius 1 is 1.00 bits per heavy atom. The van der Waals surface area contributed by atoms with Crippen molar-refractivity contribution in [2.24, 2.45) is 0 Å². The first kappa shape index (κ1) is 22.5. The molecule has 2 amide bonds. The van der Waals surface area contributed by atoms with Crippen LogP contribution in [0.15, 0.2) is 76.5 Å². The Morgan fingerprint density at radius 3 is 2.45 bits per heavy atom. The summed E-state index contributed by atoms with van der Waals surface area (Å²) in [6, 6.07) is 20.5. The smallest absolute Gasteiger partial charge is 0.264 e. The van der Waals surface area contributed by atoms with Crippen molar-refractivity contribution in [1.29, 1.82) is 0 Å². The minimum Gasteiger partial charge on any atom is -0.496 e. The van der Waals surface area contributed by atoms with Gasteiger partial charge in [-0.2, -0.15) is 0 Å². The molecule has 3 aromatic rings. The molecule has 0 radical (unpaired) electrons. The molecule has 7 heteroatoms. The van der Waals surface area contributed by atoms with Gasteiger partial charge >= 0.3 is 0 Å². The summed E-state index contributed by atoms with van der Waals surface area (Å²) in [6.45, 7) is 0.343. The molecule has 0 bridgehead atoms. The minimum absolute atomic E-state index is 0.134. The summed E-state index contributed by atoms with van der Waals surface area (Å²) in [7, 11) is 4.92. The molecule has 0 fully saturated rings. The van der Waals surface area contributed by atoms with Gasteiger partial charge in [0.1, 0.15) is 11.5 Å². The standard InChI is InChI=1S/C26H24N2O4S/c1-28-20-14-18(25(29)27-16-19-9-5-7-11-22(19)32-3)12-13-23(20)33-24(26(28)30)15-17-8-4-6-10-21(17)31-2/h4-15H,16H2,1-3H3,(H,27,29)/b24-15+. The van der Waals surface area contributed by atoms with Crippen LogP contribution in [0.2, 0.25) is 0 Å². The molecular weight excluding hydrogens is 436 g/mol. The zero-order valence-electron chi connectivity index (χ0n) is 18.6. The van der Waals surface area contributed by atoms with Crippen molar-refractivity contribution in [3.8, 4) is 11.5 Å². The van der Waals surface area contributed by atoms with E-state index < -0.39 is 0 Å². The molecule has 3 aromatic carbocycles. The van der Waals surface area contributed by atoms with E-state index >= 15 is 0 Å². The second-order valence-electron chi connectivity index (χ2n) is 7.39. The molecule has 1 N–H and O–H groups in total. The van der Waals surface area contributed by atoms with Gasteiger partial charge in [0.15, 0.2) is 0 Å². The SMILES string of the molecule is COc1ccccc1/C=C1/Sc2ccc(C(=O)NCc3ccccc3OC)cc2N(C)C1=O. The number of carbonyl (C=O) groups excluding carboxylic acids is 2. The van der Waals surface area contributed by atoms with Gasteiger partial charge in [0.25, 0.3) is 11.8 Å². The first-order valence-corrected chi connectivity index (χ1v) is 11.2. The van der Waals surface area contributed by atoms with E-state index in [-0.39, 0.29) is 11.8 Å². The monoisotopic (exact) mass is 460 g/mol. The fraction of sp³-hybridized carbons (Fsp3) is 0.154. The molecule has 6 nitrogen and oxygen atoms in total. The number of hydrogen-bond acceptors (Lipinski definition) is 5. The molecule has 1 heterocycles. The lowest BCUT2D eigenvalue weighted by Crippen LogP contribution is -2.31. The fourth-order valence-corrected chi connectivity index (χ4v) is 4.67. The number of carbonyl (C=O) groups is 2. The maximum Gasteiger partial charge on any atom is 0.264 e. The van der Waals surface area contributed by atoms with Crippen molar-refractivity contribution in [3.05, 3.63) is 88.3 Å². The fourth-order valence-electron chi connectivity index (χ4n) is 3.59. The lowest BCUT2D eigenvalue weighted by Gasteiger charge is -2.27. The Morgan fingerprint density at radius 2 is 1.70 bits per heavy atom. The number of nitrogens with one attached hydrogen (secondary N) is 1. The van der Waals surface area contributed by atoms with Crippen LogP contribution in [0, 0.1) is 0 Å². The maximum atomic E-state index is 13.0. The van der Waals surface area contributed by atoms with Crippen LogP contribution in [-0.2, 0) is 11.3 Å². The largest absolute Gasteiger partial charge is 0.496 e. The molecular formula is C26H24N2O4S. The average Bonchev–Trinajstić information content (AvgIpc) is 2.86. The molecule has 168 valence electrons. The van der Waals surface area contributed by atoms with Gasteiger partial charge in [-0.3, -0.25) is 9.59 Å². The van der Waals surface area contributed by atoms with Crippen molar-refractivity contribution in [2.45, 2.75) is 11.4 Å². The summed E-state index contributed by atoms with van der Waals surface area (Å²) in [5, 5.41) is 2.92. The molecule has 0 spiro atoms. The highest BCUT2D eigenvalue weighted by molar-refractivity contribution is 8.04. The zero-order chi connectivity index (χ0) is 23.4. The normalized spacial score (nSPS) is 14.1. The number of benzene rings is 3. The van der Waals surface area contributed by atoms with E-state index in [0.29, 0.717) is 28.5 Å². The number of ether oxygens (including phenoxy) is 2. The molecule has 4 rings (SSSR count). The zero-order valence-corrected chi connectivity index (χ0v) is 19.4. The molecule has 0 saturated carbocycles. The van der Waals surface area contributed by atoms with E-state index in [1.165, 1.54) is 11.8 Å². The number of likely N-dealkylation sites (N-methyl/N-ethyl adjacent to an activating group) is 1. The van der Waals surface area contributed by atoms with E-state index in [4.69, 9.17) is 9.47 Å². The Balaban J connectivity index is 1.55. The quantitative estimate of drug-likeness (QED) is 0.538. The average molecular weight is 461 g/mol. The lowest BCUT2D eigenvalue weighted by atomic mass is 10.1. The van der Waals surface area contributed by atoms with Gasteiger partial charge in [0, 0.05) is 35.2 Å². The number of hydrogen-bond donors (Lipinski definition) is 1. The number of methoxy groups -OCH3 is 2. The highest BCUT2D eigenvalue weighted by Crippen LogP contribution is 2.42. The Bertz CT molecular complexity index is 1240. The molecule has 1 aliphatic rings. The van der Waals surface area contributed by atoms with E-state index in [9.17, 15) is 9.59 Å². The number of fused-ring (bicyclic) bond motifs is 1. The van der Waals surface area contributed by atoms with Crippen LogP contribution in [0.3, 0.4) is 0 Å². The molecule has 0 unspecified atom stereocenters. The Labute approximate surface area is 197 Å². The molecule has 0 aromatic heterocycles.